The van der Waals surface area contributed by atoms with Crippen LogP contribution in [0.4, 0.5) is 4.79 Å². The van der Waals surface area contributed by atoms with Gasteiger partial charge in [0.05, 0.1) is 16.7 Å². The van der Waals surface area contributed by atoms with Crippen molar-refractivity contribution in [2.24, 2.45) is 5.73 Å². The van der Waals surface area contributed by atoms with Crippen LogP contribution in [-0.4, -0.2) is 49.4 Å². The van der Waals surface area contributed by atoms with Gasteiger partial charge in [-0.15, -0.1) is 0 Å². The van der Waals surface area contributed by atoms with Crippen molar-refractivity contribution in [1.29, 1.82) is 0 Å². The Morgan fingerprint density at radius 1 is 1.43 bits per heavy atom. The van der Waals surface area contributed by atoms with Gasteiger partial charge in [0, 0.05) is 21.3 Å². The molecule has 0 fully saturated rings. The number of nitrogens with two attached hydrogens (primary N) is 1. The fraction of sp³-hybridized carbons (Fsp3) is 0.857. The first-order valence-electron chi connectivity index (χ1n) is 4.06. The molecule has 0 aromatic rings. The maximum atomic E-state index is 10.5. The van der Waals surface area contributed by atoms with Gasteiger partial charge in [0.25, 0.3) is 0 Å². The maximum absolute atomic E-state index is 10.5. The molecule has 0 saturated carbocycles. The molecule has 0 aromatic heterocycles. The number of hydrogen-bond acceptors (Lipinski definition) is 5. The predicted molar refractivity (Wildman–Crippen MR) is 52.8 cm³/mol. The van der Waals surface area contributed by atoms with Crippen LogP contribution in [0.25, 0.3) is 0 Å². The second-order valence-electron chi connectivity index (χ2n) is 2.85. The largest absolute Gasteiger partial charge is 0.420 e. The van der Waals surface area contributed by atoms with E-state index in [4.69, 9.17) is 19.9 Å². The molecule has 0 aromatic carbocycles. The van der Waals surface area contributed by atoms with Crippen LogP contribution < -0.4 is 5.73 Å². The smallest absolute Gasteiger partial charge is 0.406 e. The molecule has 84 valence electrons. The van der Waals surface area contributed by atoms with E-state index in [2.05, 4.69) is 4.74 Å². The van der Waals surface area contributed by atoms with Crippen molar-refractivity contribution >= 4 is 16.3 Å². The minimum absolute atomic E-state index is 0.297. The van der Waals surface area contributed by atoms with Crippen LogP contribution in [0.5, 0.6) is 0 Å². The second-order valence-corrected chi connectivity index (χ2v) is 4.37. The highest BCUT2D eigenvalue weighted by Gasteiger charge is 2.29. The lowest BCUT2D eigenvalue weighted by Gasteiger charge is -2.29. The fourth-order valence-corrected chi connectivity index (χ4v) is 1.19. The molecule has 7 heteroatoms. The SMILES string of the molecule is COC(CC([SiH3])(OC)OC)OC(N)=O. The lowest BCUT2D eigenvalue weighted by atomic mass is 10.4. The summed E-state index contributed by atoms with van der Waals surface area (Å²) in [7, 11) is 5.08. The third-order valence-corrected chi connectivity index (χ3v) is 3.14. The summed E-state index contributed by atoms with van der Waals surface area (Å²) < 4.78 is 19.8. The van der Waals surface area contributed by atoms with Gasteiger partial charge in [-0.05, 0) is 0 Å². The van der Waals surface area contributed by atoms with E-state index in [1.54, 1.807) is 0 Å². The van der Waals surface area contributed by atoms with Crippen LogP contribution in [0.3, 0.4) is 0 Å². The molecule has 0 bridgehead atoms. The van der Waals surface area contributed by atoms with Gasteiger partial charge in [-0.3, -0.25) is 0 Å². The Morgan fingerprint density at radius 2 is 1.93 bits per heavy atom. The Bertz CT molecular complexity index is 185. The summed E-state index contributed by atoms with van der Waals surface area (Å²) >= 11 is 0. The summed E-state index contributed by atoms with van der Waals surface area (Å²) in [5.74, 6) is 0. The van der Waals surface area contributed by atoms with E-state index in [0.29, 0.717) is 16.7 Å². The van der Waals surface area contributed by atoms with E-state index in [1.807, 2.05) is 0 Å². The first kappa shape index (κ1) is 13.4. The number of rotatable bonds is 6. The molecular weight excluding hydrogens is 206 g/mol. The number of hydrogen-bond donors (Lipinski definition) is 1. The summed E-state index contributed by atoms with van der Waals surface area (Å²) in [6, 6.07) is 0. The zero-order chi connectivity index (χ0) is 11.2. The minimum atomic E-state index is -0.881. The van der Waals surface area contributed by atoms with Crippen molar-refractivity contribution in [3.63, 3.8) is 0 Å². The standard InChI is InChI=1S/C7H17NO5Si/c1-10-5(13-6(8)9)4-7(14,11-2)12-3/h5H,4H2,1-3,14H3,(H2,8,9). The second kappa shape index (κ2) is 5.97. The van der Waals surface area contributed by atoms with E-state index in [1.165, 1.54) is 21.3 Å². The van der Waals surface area contributed by atoms with Crippen LogP contribution in [0.15, 0.2) is 0 Å². The number of methoxy groups -OCH3 is 3. The average molecular weight is 223 g/mol. The van der Waals surface area contributed by atoms with E-state index in [0.717, 1.165) is 0 Å². The molecule has 1 atom stereocenters. The highest BCUT2D eigenvalue weighted by molar-refractivity contribution is 6.13. The quantitative estimate of drug-likeness (QED) is 0.450. The highest BCUT2D eigenvalue weighted by atomic mass is 28.1. The van der Waals surface area contributed by atoms with Gasteiger partial charge in [0.15, 0.2) is 0 Å². The van der Waals surface area contributed by atoms with Crippen molar-refractivity contribution in [3.05, 3.63) is 0 Å². The molecule has 1 unspecified atom stereocenters. The molecular formula is C7H17NO5Si. The molecule has 0 aliphatic carbocycles. The van der Waals surface area contributed by atoms with Gasteiger partial charge in [-0.25, -0.2) is 4.79 Å². The van der Waals surface area contributed by atoms with Crippen molar-refractivity contribution < 1.29 is 23.7 Å². The van der Waals surface area contributed by atoms with E-state index in [-0.39, 0.29) is 0 Å². The predicted octanol–water partition coefficient (Wildman–Crippen LogP) is -1.24. The lowest BCUT2D eigenvalue weighted by molar-refractivity contribution is -0.194. The summed E-state index contributed by atoms with van der Waals surface area (Å²) in [4.78, 5) is 10.5. The molecule has 0 aliphatic rings. The summed E-state index contributed by atoms with van der Waals surface area (Å²) in [5.41, 5.74) is 4.13. The van der Waals surface area contributed by atoms with Crippen molar-refractivity contribution in [2.75, 3.05) is 21.3 Å². The van der Waals surface area contributed by atoms with Crippen LogP contribution in [0.2, 0.25) is 0 Å². The number of primary amides is 1. The molecule has 0 spiro atoms. The average Bonchev–Trinajstić information content (AvgIpc) is 2.16. The van der Waals surface area contributed by atoms with Gasteiger partial charge >= 0.3 is 6.09 Å². The van der Waals surface area contributed by atoms with Gasteiger partial charge in [0.2, 0.25) is 6.29 Å². The van der Waals surface area contributed by atoms with E-state index in [9.17, 15) is 4.79 Å². The van der Waals surface area contributed by atoms with Gasteiger partial charge in [0.1, 0.15) is 5.41 Å². The van der Waals surface area contributed by atoms with Crippen LogP contribution in [-0.2, 0) is 18.9 Å². The summed E-state index contributed by atoms with van der Waals surface area (Å²) in [6.45, 7) is 0. The third kappa shape index (κ3) is 4.56. The number of carbonyl (C=O) groups excluding carboxylic acids is 1. The minimum Gasteiger partial charge on any atom is -0.420 e. The number of ether oxygens (including phenoxy) is 4. The van der Waals surface area contributed by atoms with Gasteiger partial charge < -0.3 is 24.7 Å². The molecule has 0 aliphatic heterocycles. The monoisotopic (exact) mass is 223 g/mol. The highest BCUT2D eigenvalue weighted by Crippen LogP contribution is 2.16. The molecule has 0 rings (SSSR count). The van der Waals surface area contributed by atoms with E-state index < -0.39 is 17.8 Å². The Labute approximate surface area is 86.1 Å². The Kier molecular flexibility index (Phi) is 5.70. The van der Waals surface area contributed by atoms with Crippen LogP contribution in [0, 0.1) is 0 Å². The van der Waals surface area contributed by atoms with Crippen LogP contribution >= 0.6 is 0 Å². The molecule has 6 nitrogen and oxygen atoms in total. The van der Waals surface area contributed by atoms with Crippen LogP contribution in [0.1, 0.15) is 6.42 Å². The fourth-order valence-electron chi connectivity index (χ4n) is 0.855. The molecule has 0 heterocycles. The molecule has 0 saturated heterocycles. The normalized spacial score (nSPS) is 13.9. The third-order valence-electron chi connectivity index (χ3n) is 1.91. The topological polar surface area (TPSA) is 80.0 Å². The molecule has 0 radical (unpaired) electrons. The van der Waals surface area contributed by atoms with Crippen molar-refractivity contribution in [1.82, 2.24) is 0 Å². The lowest BCUT2D eigenvalue weighted by Crippen LogP contribution is -2.40. The zero-order valence-corrected chi connectivity index (χ0v) is 10.9. The summed E-state index contributed by atoms with van der Waals surface area (Å²) in [6.07, 6.45) is -1.33. The van der Waals surface area contributed by atoms with Gasteiger partial charge in [-0.2, -0.15) is 0 Å². The summed E-state index contributed by atoms with van der Waals surface area (Å²) in [5, 5.41) is 0. The molecule has 1 amide bonds. The molecule has 2 N–H and O–H groups in total. The maximum Gasteiger partial charge on any atom is 0.406 e. The van der Waals surface area contributed by atoms with Crippen molar-refractivity contribution in [2.45, 2.75) is 18.1 Å². The number of amides is 1. The number of carbonyl (C=O) groups is 1. The zero-order valence-electron chi connectivity index (χ0n) is 8.90. The van der Waals surface area contributed by atoms with Gasteiger partial charge in [-0.1, -0.05) is 0 Å². The first-order chi connectivity index (χ1) is 6.47. The Balaban J connectivity index is 4.21. The molecule has 14 heavy (non-hydrogen) atoms. The Morgan fingerprint density at radius 3 is 2.21 bits per heavy atom. The van der Waals surface area contributed by atoms with Crippen molar-refractivity contribution in [3.8, 4) is 0 Å². The first-order valence-corrected chi connectivity index (χ1v) is 5.06. The Hall–Kier alpha value is -0.633. The van der Waals surface area contributed by atoms with E-state index >= 15 is 0 Å².